The van der Waals surface area contributed by atoms with Gasteiger partial charge in [0.05, 0.1) is 0 Å². The van der Waals surface area contributed by atoms with E-state index in [4.69, 9.17) is 5.73 Å². The lowest BCUT2D eigenvalue weighted by molar-refractivity contribution is 0.450. The highest BCUT2D eigenvalue weighted by atomic mass is 79.9. The summed E-state index contributed by atoms with van der Waals surface area (Å²) in [6.45, 7) is 0.834. The van der Waals surface area contributed by atoms with E-state index >= 15 is 0 Å². The highest BCUT2D eigenvalue weighted by Gasteiger charge is 2.54. The average molecular weight is 252 g/mol. The minimum Gasteiger partial charge on any atom is -0.330 e. The van der Waals surface area contributed by atoms with Gasteiger partial charge in [0.1, 0.15) is 0 Å². The number of rotatable bonds is 1. The monoisotopic (exact) mass is 251 g/mol. The summed E-state index contributed by atoms with van der Waals surface area (Å²) in [4.78, 5) is 0. The third-order valence-electron chi connectivity index (χ3n) is 3.96. The van der Waals surface area contributed by atoms with Gasteiger partial charge >= 0.3 is 0 Å². The molecule has 2 aliphatic carbocycles. The summed E-state index contributed by atoms with van der Waals surface area (Å²) in [5.41, 5.74) is 9.43. The standard InChI is InChI=1S/C12H14BrN/c13-11-3-1-2-10-9(11)6-8(7-14)12(10)4-5-12/h1-3,8H,4-7,14H2. The van der Waals surface area contributed by atoms with Crippen molar-refractivity contribution in [2.24, 2.45) is 11.7 Å². The summed E-state index contributed by atoms with van der Waals surface area (Å²) in [7, 11) is 0. The Balaban J connectivity index is 2.14. The molecule has 0 bridgehead atoms. The van der Waals surface area contributed by atoms with Gasteiger partial charge in [-0.15, -0.1) is 0 Å². The molecule has 0 heterocycles. The van der Waals surface area contributed by atoms with Gasteiger partial charge in [-0.05, 0) is 48.9 Å². The van der Waals surface area contributed by atoms with Crippen LogP contribution >= 0.6 is 15.9 Å². The first-order chi connectivity index (χ1) is 6.78. The van der Waals surface area contributed by atoms with Gasteiger partial charge in [0.2, 0.25) is 0 Å². The molecule has 0 aliphatic heterocycles. The Morgan fingerprint density at radius 1 is 1.43 bits per heavy atom. The normalized spacial score (nSPS) is 26.6. The highest BCUT2D eigenvalue weighted by molar-refractivity contribution is 9.10. The molecular weight excluding hydrogens is 238 g/mol. The molecule has 2 aliphatic rings. The zero-order chi connectivity index (χ0) is 9.76. The Hall–Kier alpha value is -0.340. The molecule has 0 saturated heterocycles. The number of halogens is 1. The fourth-order valence-electron chi connectivity index (χ4n) is 3.02. The Morgan fingerprint density at radius 2 is 2.21 bits per heavy atom. The lowest BCUT2D eigenvalue weighted by Gasteiger charge is -2.16. The molecule has 1 unspecified atom stereocenters. The molecule has 0 amide bonds. The predicted octanol–water partition coefficient (Wildman–Crippen LogP) is 2.61. The summed E-state index contributed by atoms with van der Waals surface area (Å²) in [5, 5.41) is 0. The molecule has 14 heavy (non-hydrogen) atoms. The van der Waals surface area contributed by atoms with Gasteiger partial charge < -0.3 is 5.73 Å². The quantitative estimate of drug-likeness (QED) is 0.816. The molecule has 1 nitrogen and oxygen atoms in total. The molecule has 1 fully saturated rings. The van der Waals surface area contributed by atoms with Gasteiger partial charge in [-0.1, -0.05) is 28.1 Å². The van der Waals surface area contributed by atoms with Crippen LogP contribution in [-0.4, -0.2) is 6.54 Å². The van der Waals surface area contributed by atoms with Crippen molar-refractivity contribution in [1.29, 1.82) is 0 Å². The van der Waals surface area contributed by atoms with Gasteiger partial charge in [-0.3, -0.25) is 0 Å². The fraction of sp³-hybridized carbons (Fsp3) is 0.500. The maximum Gasteiger partial charge on any atom is 0.0210 e. The van der Waals surface area contributed by atoms with E-state index in [0.29, 0.717) is 11.3 Å². The molecule has 1 spiro atoms. The lowest BCUT2D eigenvalue weighted by Crippen LogP contribution is -2.23. The van der Waals surface area contributed by atoms with Crippen LogP contribution < -0.4 is 5.73 Å². The second-order valence-electron chi connectivity index (χ2n) is 4.56. The van der Waals surface area contributed by atoms with Gasteiger partial charge in [0.15, 0.2) is 0 Å². The van der Waals surface area contributed by atoms with Crippen LogP contribution in [0.5, 0.6) is 0 Å². The van der Waals surface area contributed by atoms with E-state index in [1.807, 2.05) is 0 Å². The first-order valence-corrected chi connectivity index (χ1v) is 6.05. The summed E-state index contributed by atoms with van der Waals surface area (Å²) in [5.74, 6) is 0.691. The first kappa shape index (κ1) is 8.93. The van der Waals surface area contributed by atoms with Crippen molar-refractivity contribution >= 4 is 15.9 Å². The Morgan fingerprint density at radius 3 is 2.86 bits per heavy atom. The van der Waals surface area contributed by atoms with Crippen molar-refractivity contribution in [3.8, 4) is 0 Å². The van der Waals surface area contributed by atoms with Crippen molar-refractivity contribution in [3.05, 3.63) is 33.8 Å². The zero-order valence-electron chi connectivity index (χ0n) is 8.09. The van der Waals surface area contributed by atoms with E-state index in [-0.39, 0.29) is 0 Å². The van der Waals surface area contributed by atoms with Crippen molar-refractivity contribution in [1.82, 2.24) is 0 Å². The highest BCUT2D eigenvalue weighted by Crippen LogP contribution is 2.60. The molecule has 2 N–H and O–H groups in total. The molecule has 1 aromatic carbocycles. The average Bonchev–Trinajstić information content (AvgIpc) is 2.89. The third-order valence-corrected chi connectivity index (χ3v) is 4.70. The third kappa shape index (κ3) is 0.986. The van der Waals surface area contributed by atoms with Crippen LogP contribution in [0.1, 0.15) is 24.0 Å². The minimum absolute atomic E-state index is 0.480. The van der Waals surface area contributed by atoms with Gasteiger partial charge in [0, 0.05) is 9.89 Å². The van der Waals surface area contributed by atoms with Crippen molar-refractivity contribution in [2.75, 3.05) is 6.54 Å². The molecule has 0 radical (unpaired) electrons. The van der Waals surface area contributed by atoms with Crippen LogP contribution in [0.2, 0.25) is 0 Å². The Kier molecular flexibility index (Phi) is 1.80. The van der Waals surface area contributed by atoms with Crippen LogP contribution in [0, 0.1) is 5.92 Å². The summed E-state index contributed by atoms with van der Waals surface area (Å²) < 4.78 is 1.28. The molecule has 1 aromatic rings. The second-order valence-corrected chi connectivity index (χ2v) is 5.41. The topological polar surface area (TPSA) is 26.0 Å². The van der Waals surface area contributed by atoms with Crippen molar-refractivity contribution in [2.45, 2.75) is 24.7 Å². The van der Waals surface area contributed by atoms with E-state index in [1.54, 1.807) is 5.56 Å². The molecule has 1 saturated carbocycles. The van der Waals surface area contributed by atoms with E-state index in [0.717, 1.165) is 6.54 Å². The first-order valence-electron chi connectivity index (χ1n) is 5.26. The van der Waals surface area contributed by atoms with Crippen LogP contribution in [0.25, 0.3) is 0 Å². The SMILES string of the molecule is NCC1Cc2c(Br)cccc2C12CC2. The lowest BCUT2D eigenvalue weighted by atomic mass is 9.89. The number of fused-ring (bicyclic) bond motifs is 2. The molecule has 2 heteroatoms. The fourth-order valence-corrected chi connectivity index (χ4v) is 3.54. The second kappa shape index (κ2) is 2.83. The number of nitrogens with two attached hydrogens (primary N) is 1. The molecule has 0 aromatic heterocycles. The maximum absolute atomic E-state index is 5.86. The van der Waals surface area contributed by atoms with E-state index in [1.165, 1.54) is 29.3 Å². The zero-order valence-corrected chi connectivity index (χ0v) is 9.68. The van der Waals surface area contributed by atoms with Crippen LogP contribution in [-0.2, 0) is 11.8 Å². The Bertz CT molecular complexity index is 382. The van der Waals surface area contributed by atoms with Gasteiger partial charge in [0.25, 0.3) is 0 Å². The van der Waals surface area contributed by atoms with E-state index in [2.05, 4.69) is 34.1 Å². The molecule has 74 valence electrons. The van der Waals surface area contributed by atoms with Crippen molar-refractivity contribution in [3.63, 3.8) is 0 Å². The molecule has 3 rings (SSSR count). The van der Waals surface area contributed by atoms with Crippen LogP contribution in [0.4, 0.5) is 0 Å². The Labute approximate surface area is 92.8 Å². The minimum atomic E-state index is 0.480. The smallest absolute Gasteiger partial charge is 0.0210 e. The largest absolute Gasteiger partial charge is 0.330 e. The van der Waals surface area contributed by atoms with E-state index in [9.17, 15) is 0 Å². The van der Waals surface area contributed by atoms with Crippen LogP contribution in [0.3, 0.4) is 0 Å². The maximum atomic E-state index is 5.86. The predicted molar refractivity (Wildman–Crippen MR) is 61.3 cm³/mol. The van der Waals surface area contributed by atoms with E-state index < -0.39 is 0 Å². The summed E-state index contributed by atoms with van der Waals surface area (Å²) in [6, 6.07) is 6.60. The molecule has 1 atom stereocenters. The number of hydrogen-bond donors (Lipinski definition) is 1. The van der Waals surface area contributed by atoms with Crippen LogP contribution in [0.15, 0.2) is 22.7 Å². The van der Waals surface area contributed by atoms with Crippen molar-refractivity contribution < 1.29 is 0 Å². The number of benzene rings is 1. The van der Waals surface area contributed by atoms with Gasteiger partial charge in [-0.25, -0.2) is 0 Å². The summed E-state index contributed by atoms with van der Waals surface area (Å²) >= 11 is 3.64. The summed E-state index contributed by atoms with van der Waals surface area (Å²) in [6.07, 6.45) is 3.86. The molecular formula is C12H14BrN. The van der Waals surface area contributed by atoms with Gasteiger partial charge in [-0.2, -0.15) is 0 Å². The number of hydrogen-bond acceptors (Lipinski definition) is 1.